The number of rotatable bonds is 3. The van der Waals surface area contributed by atoms with E-state index < -0.39 is 5.60 Å². The van der Waals surface area contributed by atoms with Crippen molar-refractivity contribution in [3.63, 3.8) is 0 Å². The molecule has 2 heteroatoms. The first-order valence-electron chi connectivity index (χ1n) is 6.77. The highest BCUT2D eigenvalue weighted by atomic mass is 16.5. The third kappa shape index (κ3) is 2.17. The SMILES string of the molecule is COC1(C(=O)C2CCC(C)CC2)CCCC1. The lowest BCUT2D eigenvalue weighted by atomic mass is 9.76. The molecule has 0 atom stereocenters. The molecule has 2 nitrogen and oxygen atoms in total. The van der Waals surface area contributed by atoms with Crippen LogP contribution in [-0.2, 0) is 9.53 Å². The van der Waals surface area contributed by atoms with Crippen molar-refractivity contribution in [1.29, 1.82) is 0 Å². The minimum Gasteiger partial charge on any atom is -0.370 e. The molecule has 92 valence electrons. The van der Waals surface area contributed by atoms with Crippen molar-refractivity contribution in [2.75, 3.05) is 7.11 Å². The van der Waals surface area contributed by atoms with Crippen molar-refractivity contribution < 1.29 is 9.53 Å². The van der Waals surface area contributed by atoms with Crippen LogP contribution in [-0.4, -0.2) is 18.5 Å². The van der Waals surface area contributed by atoms with Crippen molar-refractivity contribution in [3.05, 3.63) is 0 Å². The Kier molecular flexibility index (Phi) is 3.68. The number of ketones is 1. The van der Waals surface area contributed by atoms with Gasteiger partial charge in [0.1, 0.15) is 5.60 Å². The molecule has 2 fully saturated rings. The summed E-state index contributed by atoms with van der Waals surface area (Å²) in [6.45, 7) is 2.29. The van der Waals surface area contributed by atoms with E-state index in [0.29, 0.717) is 5.78 Å². The Hall–Kier alpha value is -0.370. The molecule has 2 aliphatic rings. The topological polar surface area (TPSA) is 26.3 Å². The van der Waals surface area contributed by atoms with Crippen LogP contribution in [0.3, 0.4) is 0 Å². The van der Waals surface area contributed by atoms with E-state index >= 15 is 0 Å². The van der Waals surface area contributed by atoms with Crippen LogP contribution >= 0.6 is 0 Å². The van der Waals surface area contributed by atoms with E-state index in [2.05, 4.69) is 6.92 Å². The fourth-order valence-corrected chi connectivity index (χ4v) is 3.39. The predicted molar refractivity (Wildman–Crippen MR) is 64.3 cm³/mol. The van der Waals surface area contributed by atoms with Gasteiger partial charge in [0.15, 0.2) is 5.78 Å². The summed E-state index contributed by atoms with van der Waals surface area (Å²) in [4.78, 5) is 12.5. The molecule has 0 unspecified atom stereocenters. The molecule has 16 heavy (non-hydrogen) atoms. The molecule has 0 radical (unpaired) electrons. The number of Topliss-reactive ketones (excluding diaryl/α,β-unsaturated/α-hetero) is 1. The van der Waals surface area contributed by atoms with E-state index in [0.717, 1.165) is 44.4 Å². The summed E-state index contributed by atoms with van der Waals surface area (Å²) >= 11 is 0. The third-order valence-corrected chi connectivity index (χ3v) is 4.64. The first-order valence-corrected chi connectivity index (χ1v) is 6.77. The maximum Gasteiger partial charge on any atom is 0.167 e. The molecule has 0 aromatic carbocycles. The monoisotopic (exact) mass is 224 g/mol. The van der Waals surface area contributed by atoms with E-state index in [-0.39, 0.29) is 5.92 Å². The molecular weight excluding hydrogens is 200 g/mol. The zero-order valence-corrected chi connectivity index (χ0v) is 10.6. The first-order chi connectivity index (χ1) is 7.68. The normalized spacial score (nSPS) is 33.9. The molecule has 0 bridgehead atoms. The molecule has 0 aromatic heterocycles. The summed E-state index contributed by atoms with van der Waals surface area (Å²) in [5.41, 5.74) is -0.398. The second-order valence-corrected chi connectivity index (χ2v) is 5.73. The van der Waals surface area contributed by atoms with Crippen molar-refractivity contribution in [2.45, 2.75) is 63.9 Å². The molecule has 2 aliphatic carbocycles. The standard InChI is InChI=1S/C14H24O2/c1-11-5-7-12(8-6-11)13(15)14(16-2)9-3-4-10-14/h11-12H,3-10H2,1-2H3. The molecular formula is C14H24O2. The number of ether oxygens (including phenoxy) is 1. The van der Waals surface area contributed by atoms with Gasteiger partial charge in [0, 0.05) is 13.0 Å². The Morgan fingerprint density at radius 1 is 1.12 bits per heavy atom. The molecule has 2 saturated carbocycles. The number of hydrogen-bond donors (Lipinski definition) is 0. The maximum absolute atomic E-state index is 12.5. The van der Waals surface area contributed by atoms with E-state index in [4.69, 9.17) is 4.74 Å². The van der Waals surface area contributed by atoms with Crippen molar-refractivity contribution >= 4 is 5.78 Å². The molecule has 0 aliphatic heterocycles. The smallest absolute Gasteiger partial charge is 0.167 e. The molecule has 0 aromatic rings. The zero-order valence-electron chi connectivity index (χ0n) is 10.6. The first kappa shape index (κ1) is 12.1. The van der Waals surface area contributed by atoms with Crippen LogP contribution in [0.4, 0.5) is 0 Å². The minimum absolute atomic E-state index is 0.286. The quantitative estimate of drug-likeness (QED) is 0.735. The van der Waals surface area contributed by atoms with Crippen LogP contribution < -0.4 is 0 Å². The van der Waals surface area contributed by atoms with Gasteiger partial charge in [-0.3, -0.25) is 4.79 Å². The van der Waals surface area contributed by atoms with Crippen molar-refractivity contribution in [1.82, 2.24) is 0 Å². The molecule has 0 N–H and O–H groups in total. The highest BCUT2D eigenvalue weighted by Crippen LogP contribution is 2.39. The number of hydrogen-bond acceptors (Lipinski definition) is 2. The lowest BCUT2D eigenvalue weighted by molar-refractivity contribution is -0.146. The van der Waals surface area contributed by atoms with Crippen molar-refractivity contribution in [2.24, 2.45) is 11.8 Å². The van der Waals surface area contributed by atoms with Gasteiger partial charge in [-0.25, -0.2) is 0 Å². The summed E-state index contributed by atoms with van der Waals surface area (Å²) in [7, 11) is 1.72. The summed E-state index contributed by atoms with van der Waals surface area (Å²) in [5.74, 6) is 1.51. The fourth-order valence-electron chi connectivity index (χ4n) is 3.39. The van der Waals surface area contributed by atoms with E-state index in [1.54, 1.807) is 7.11 Å². The lowest BCUT2D eigenvalue weighted by Gasteiger charge is -2.33. The van der Waals surface area contributed by atoms with Gasteiger partial charge in [0.25, 0.3) is 0 Å². The molecule has 0 amide bonds. The third-order valence-electron chi connectivity index (χ3n) is 4.64. The van der Waals surface area contributed by atoms with Crippen molar-refractivity contribution in [3.8, 4) is 0 Å². The van der Waals surface area contributed by atoms with Crippen LogP contribution in [0.15, 0.2) is 0 Å². The van der Waals surface area contributed by atoms with Crippen LogP contribution in [0.25, 0.3) is 0 Å². The van der Waals surface area contributed by atoms with Crippen LogP contribution in [0.1, 0.15) is 58.3 Å². The Balaban J connectivity index is 2.00. The van der Waals surface area contributed by atoms with Gasteiger partial charge in [-0.15, -0.1) is 0 Å². The van der Waals surface area contributed by atoms with Crippen LogP contribution in [0.2, 0.25) is 0 Å². The lowest BCUT2D eigenvalue weighted by Crippen LogP contribution is -2.43. The van der Waals surface area contributed by atoms with E-state index in [1.165, 1.54) is 12.8 Å². The molecule has 0 spiro atoms. The molecule has 0 heterocycles. The van der Waals surface area contributed by atoms with E-state index in [1.807, 2.05) is 0 Å². The van der Waals surface area contributed by atoms with Crippen LogP contribution in [0.5, 0.6) is 0 Å². The highest BCUT2D eigenvalue weighted by Gasteiger charge is 2.44. The number of carbonyl (C=O) groups is 1. The average Bonchev–Trinajstić information content (AvgIpc) is 2.79. The largest absolute Gasteiger partial charge is 0.370 e. The van der Waals surface area contributed by atoms with Crippen LogP contribution in [0, 0.1) is 11.8 Å². The Morgan fingerprint density at radius 3 is 2.19 bits per heavy atom. The predicted octanol–water partition coefficient (Wildman–Crippen LogP) is 3.34. The second-order valence-electron chi connectivity index (χ2n) is 5.73. The molecule has 0 saturated heterocycles. The Morgan fingerprint density at radius 2 is 1.69 bits per heavy atom. The Labute approximate surface area is 98.7 Å². The Bertz CT molecular complexity index is 245. The minimum atomic E-state index is -0.398. The number of carbonyl (C=O) groups excluding carboxylic acids is 1. The van der Waals surface area contributed by atoms with Gasteiger partial charge in [0.2, 0.25) is 0 Å². The maximum atomic E-state index is 12.5. The van der Waals surface area contributed by atoms with Gasteiger partial charge < -0.3 is 4.74 Å². The van der Waals surface area contributed by atoms with Gasteiger partial charge in [0.05, 0.1) is 0 Å². The highest BCUT2D eigenvalue weighted by molar-refractivity contribution is 5.89. The zero-order chi connectivity index (χ0) is 11.6. The van der Waals surface area contributed by atoms with Gasteiger partial charge in [-0.1, -0.05) is 19.8 Å². The van der Waals surface area contributed by atoms with Gasteiger partial charge in [-0.05, 0) is 44.4 Å². The second kappa shape index (κ2) is 4.87. The van der Waals surface area contributed by atoms with E-state index in [9.17, 15) is 4.79 Å². The van der Waals surface area contributed by atoms with Gasteiger partial charge >= 0.3 is 0 Å². The summed E-state index contributed by atoms with van der Waals surface area (Å²) in [5, 5.41) is 0. The number of methoxy groups -OCH3 is 1. The summed E-state index contributed by atoms with van der Waals surface area (Å²) < 4.78 is 5.59. The van der Waals surface area contributed by atoms with Gasteiger partial charge in [-0.2, -0.15) is 0 Å². The molecule has 2 rings (SSSR count). The average molecular weight is 224 g/mol. The summed E-state index contributed by atoms with van der Waals surface area (Å²) in [6, 6.07) is 0. The fraction of sp³-hybridized carbons (Fsp3) is 0.929. The summed E-state index contributed by atoms with van der Waals surface area (Å²) in [6.07, 6.45) is 8.83.